The molecule has 1 atom stereocenters. The number of aliphatic hydroxyl groups is 1. The van der Waals surface area contributed by atoms with Crippen molar-refractivity contribution in [1.82, 2.24) is 0 Å². The van der Waals surface area contributed by atoms with Crippen LogP contribution in [-0.2, 0) is 9.59 Å². The van der Waals surface area contributed by atoms with Crippen molar-refractivity contribution in [2.45, 2.75) is 31.7 Å². The van der Waals surface area contributed by atoms with E-state index in [4.69, 9.17) is 10.2 Å². The SMILES string of the molecule is CCC[N+](C)(C)C(CCO)(CC(=O)O)C(=O)O. The smallest absolute Gasteiger partial charge is 0.366 e. The fourth-order valence-electron chi connectivity index (χ4n) is 2.25. The number of carbonyl (C=O) groups is 2. The molecule has 100 valence electrons. The van der Waals surface area contributed by atoms with E-state index in [1.165, 1.54) is 0 Å². The topological polar surface area (TPSA) is 94.8 Å². The Bertz CT molecular complexity index is 290. The third-order valence-corrected chi connectivity index (χ3v) is 3.31. The van der Waals surface area contributed by atoms with Gasteiger partial charge in [0.1, 0.15) is 6.42 Å². The van der Waals surface area contributed by atoms with Gasteiger partial charge in [-0.15, -0.1) is 0 Å². The third kappa shape index (κ3) is 3.41. The van der Waals surface area contributed by atoms with Gasteiger partial charge in [-0.1, -0.05) is 6.92 Å². The van der Waals surface area contributed by atoms with Gasteiger partial charge in [-0.3, -0.25) is 4.79 Å². The Morgan fingerprint density at radius 2 is 1.76 bits per heavy atom. The fraction of sp³-hybridized carbons (Fsp3) is 0.818. The minimum Gasteiger partial charge on any atom is -0.481 e. The molecule has 0 saturated carbocycles. The lowest BCUT2D eigenvalue weighted by molar-refractivity contribution is -0.932. The van der Waals surface area contributed by atoms with E-state index in [0.717, 1.165) is 6.42 Å². The van der Waals surface area contributed by atoms with Crippen LogP contribution >= 0.6 is 0 Å². The van der Waals surface area contributed by atoms with E-state index in [1.54, 1.807) is 14.1 Å². The summed E-state index contributed by atoms with van der Waals surface area (Å²) in [7, 11) is 3.38. The van der Waals surface area contributed by atoms with E-state index in [2.05, 4.69) is 0 Å². The zero-order valence-electron chi connectivity index (χ0n) is 10.6. The largest absolute Gasteiger partial charge is 0.481 e. The Morgan fingerprint density at radius 1 is 1.24 bits per heavy atom. The van der Waals surface area contributed by atoms with Crippen molar-refractivity contribution < 1.29 is 29.4 Å². The number of rotatable bonds is 8. The van der Waals surface area contributed by atoms with Crippen molar-refractivity contribution in [3.8, 4) is 0 Å². The summed E-state index contributed by atoms with van der Waals surface area (Å²) in [5.74, 6) is -2.34. The number of carboxylic acid groups (broad SMARTS) is 2. The van der Waals surface area contributed by atoms with Crippen molar-refractivity contribution in [3.63, 3.8) is 0 Å². The molecule has 0 aromatic carbocycles. The predicted molar refractivity (Wildman–Crippen MR) is 61.6 cm³/mol. The van der Waals surface area contributed by atoms with E-state index >= 15 is 0 Å². The molecule has 3 N–H and O–H groups in total. The molecule has 0 aliphatic rings. The minimum atomic E-state index is -1.48. The van der Waals surface area contributed by atoms with Crippen LogP contribution in [-0.4, -0.2) is 64.5 Å². The maximum absolute atomic E-state index is 11.5. The summed E-state index contributed by atoms with van der Waals surface area (Å²) in [5.41, 5.74) is -1.48. The summed E-state index contributed by atoms with van der Waals surface area (Å²) in [6.07, 6.45) is 0.185. The van der Waals surface area contributed by atoms with Crippen molar-refractivity contribution in [1.29, 1.82) is 0 Å². The molecular formula is C11H22NO5+. The minimum absolute atomic E-state index is 0.0473. The molecule has 0 aliphatic heterocycles. The monoisotopic (exact) mass is 248 g/mol. The standard InChI is InChI=1S/C11H21NO5/c1-4-6-12(2,3)11(5-7-13,10(16)17)8-9(14)15/h13H,4-8H2,1-3H3,(H-,14,15,16,17)/p+1. The van der Waals surface area contributed by atoms with Crippen molar-refractivity contribution in [2.75, 3.05) is 27.2 Å². The van der Waals surface area contributed by atoms with E-state index in [-0.39, 0.29) is 17.5 Å². The number of nitrogens with zero attached hydrogens (tertiary/aromatic N) is 1. The molecule has 1 unspecified atom stereocenters. The number of carboxylic acids is 2. The molecular weight excluding hydrogens is 226 g/mol. The van der Waals surface area contributed by atoms with Crippen LogP contribution in [0.1, 0.15) is 26.2 Å². The molecule has 0 bridgehead atoms. The number of hydrogen-bond donors (Lipinski definition) is 3. The molecule has 6 heteroatoms. The van der Waals surface area contributed by atoms with Crippen molar-refractivity contribution in [3.05, 3.63) is 0 Å². The Labute approximate surface area is 101 Å². The van der Waals surface area contributed by atoms with E-state index in [9.17, 15) is 14.7 Å². The van der Waals surface area contributed by atoms with E-state index in [1.807, 2.05) is 6.92 Å². The lowest BCUT2D eigenvalue weighted by Gasteiger charge is -2.44. The molecule has 0 amide bonds. The first-order chi connectivity index (χ1) is 7.73. The van der Waals surface area contributed by atoms with E-state index < -0.39 is 23.9 Å². The number of hydrogen-bond acceptors (Lipinski definition) is 3. The summed E-state index contributed by atoms with van der Waals surface area (Å²) in [5, 5.41) is 27.3. The Balaban J connectivity index is 5.43. The van der Waals surface area contributed by atoms with Crippen molar-refractivity contribution in [2.24, 2.45) is 0 Å². The van der Waals surface area contributed by atoms with Crippen LogP contribution in [0.25, 0.3) is 0 Å². The van der Waals surface area contributed by atoms with Gasteiger partial charge in [0.05, 0.1) is 20.6 Å². The number of likely N-dealkylation sites (N-methyl/N-ethyl adjacent to an activating group) is 1. The summed E-state index contributed by atoms with van der Waals surface area (Å²) in [6, 6.07) is 0. The summed E-state index contributed by atoms with van der Waals surface area (Å²) in [4.78, 5) is 22.4. The molecule has 0 rings (SSSR count). The zero-order chi connectivity index (χ0) is 13.7. The lowest BCUT2D eigenvalue weighted by atomic mass is 9.87. The number of aliphatic hydroxyl groups excluding tert-OH is 1. The molecule has 0 aromatic rings. The summed E-state index contributed by atoms with van der Waals surface area (Å²) in [6.45, 7) is 2.11. The predicted octanol–water partition coefficient (Wildman–Crippen LogP) is 0.153. The fourth-order valence-corrected chi connectivity index (χ4v) is 2.25. The van der Waals surface area contributed by atoms with Crippen LogP contribution < -0.4 is 0 Å². The quantitative estimate of drug-likeness (QED) is 0.532. The molecule has 0 heterocycles. The van der Waals surface area contributed by atoms with Gasteiger partial charge in [0, 0.05) is 13.0 Å². The molecule has 0 saturated heterocycles. The van der Waals surface area contributed by atoms with Crippen molar-refractivity contribution >= 4 is 11.9 Å². The highest BCUT2D eigenvalue weighted by atomic mass is 16.4. The Morgan fingerprint density at radius 3 is 2.06 bits per heavy atom. The maximum Gasteiger partial charge on any atom is 0.366 e. The van der Waals surface area contributed by atoms with Crippen LogP contribution in [0.3, 0.4) is 0 Å². The first-order valence-corrected chi connectivity index (χ1v) is 5.62. The Kier molecular flexibility index (Phi) is 5.57. The van der Waals surface area contributed by atoms with Crippen LogP contribution in [0.15, 0.2) is 0 Å². The van der Waals surface area contributed by atoms with Gasteiger partial charge in [0.25, 0.3) is 0 Å². The normalized spacial score (nSPS) is 15.3. The first-order valence-electron chi connectivity index (χ1n) is 5.62. The lowest BCUT2D eigenvalue weighted by Crippen LogP contribution is -2.65. The zero-order valence-corrected chi connectivity index (χ0v) is 10.6. The van der Waals surface area contributed by atoms with Gasteiger partial charge in [-0.25, -0.2) is 4.79 Å². The van der Waals surface area contributed by atoms with Gasteiger partial charge >= 0.3 is 11.9 Å². The van der Waals surface area contributed by atoms with Gasteiger partial charge in [-0.05, 0) is 6.42 Å². The number of aliphatic carboxylic acids is 2. The molecule has 0 radical (unpaired) electrons. The molecule has 0 fully saturated rings. The van der Waals surface area contributed by atoms with Crippen LogP contribution in [0.4, 0.5) is 0 Å². The van der Waals surface area contributed by atoms with Gasteiger partial charge < -0.3 is 19.8 Å². The van der Waals surface area contributed by atoms with Crippen LogP contribution in [0.5, 0.6) is 0 Å². The molecule has 6 nitrogen and oxygen atoms in total. The highest BCUT2D eigenvalue weighted by Gasteiger charge is 2.53. The molecule has 0 aromatic heterocycles. The average Bonchev–Trinajstić information content (AvgIpc) is 2.15. The second-order valence-corrected chi connectivity index (χ2v) is 4.79. The van der Waals surface area contributed by atoms with Gasteiger partial charge in [0.15, 0.2) is 0 Å². The maximum atomic E-state index is 11.5. The second-order valence-electron chi connectivity index (χ2n) is 4.79. The van der Waals surface area contributed by atoms with E-state index in [0.29, 0.717) is 6.54 Å². The van der Waals surface area contributed by atoms with Crippen LogP contribution in [0.2, 0.25) is 0 Å². The average molecular weight is 248 g/mol. The third-order valence-electron chi connectivity index (χ3n) is 3.31. The van der Waals surface area contributed by atoms with Gasteiger partial charge in [0.2, 0.25) is 5.54 Å². The summed E-state index contributed by atoms with van der Waals surface area (Å²) < 4.78 is 0.0473. The second kappa shape index (κ2) is 5.97. The Hall–Kier alpha value is -1.14. The molecule has 17 heavy (non-hydrogen) atoms. The molecule has 0 aliphatic carbocycles. The van der Waals surface area contributed by atoms with Gasteiger partial charge in [-0.2, -0.15) is 0 Å². The highest BCUT2D eigenvalue weighted by molar-refractivity contribution is 5.83. The summed E-state index contributed by atoms with van der Waals surface area (Å²) >= 11 is 0. The molecule has 0 spiro atoms. The first kappa shape index (κ1) is 15.9. The highest BCUT2D eigenvalue weighted by Crippen LogP contribution is 2.29. The number of quaternary nitrogens is 1. The van der Waals surface area contributed by atoms with Crippen LogP contribution in [0, 0.1) is 0 Å².